The van der Waals surface area contributed by atoms with Gasteiger partial charge in [-0.25, -0.2) is 0 Å². The van der Waals surface area contributed by atoms with Crippen LogP contribution in [0.4, 0.5) is 0 Å². The largest absolute Gasteiger partial charge is 0.393 e. The van der Waals surface area contributed by atoms with Crippen LogP contribution in [0, 0.1) is 46.3 Å². The molecule has 0 amide bonds. The lowest BCUT2D eigenvalue weighted by Crippen LogP contribution is -2.61. The van der Waals surface area contributed by atoms with E-state index in [9.17, 15) is 10.2 Å². The first-order valence-electron chi connectivity index (χ1n) is 11.7. The molecular formula is C24H42O2. The molecule has 0 spiro atoms. The number of aliphatic hydroxyl groups is 2. The molecule has 0 heterocycles. The standard InChI is InChI=1S/C24H42O2/c1-5-8-15(2)17-10-11-18-22-19(14-21(26)24(17,18)4)23(3)12-7-6-9-16(23)13-20(22)25/h15-22,25-26H,5-14H2,1-4H3. The molecule has 10 atom stereocenters. The van der Waals surface area contributed by atoms with E-state index in [0.717, 1.165) is 12.8 Å². The zero-order valence-corrected chi connectivity index (χ0v) is 17.6. The topological polar surface area (TPSA) is 40.5 Å². The highest BCUT2D eigenvalue weighted by atomic mass is 16.3. The normalized spacial score (nSPS) is 54.9. The molecule has 10 unspecified atom stereocenters. The fourth-order valence-corrected chi connectivity index (χ4v) is 8.84. The Bertz CT molecular complexity index is 518. The molecule has 0 aliphatic heterocycles. The van der Waals surface area contributed by atoms with Crippen molar-refractivity contribution in [3.63, 3.8) is 0 Å². The molecule has 150 valence electrons. The van der Waals surface area contributed by atoms with Crippen LogP contribution in [0.5, 0.6) is 0 Å². The minimum atomic E-state index is -0.176. The molecular weight excluding hydrogens is 320 g/mol. The number of rotatable bonds is 3. The average molecular weight is 363 g/mol. The van der Waals surface area contributed by atoms with Crippen LogP contribution in [0.3, 0.4) is 0 Å². The lowest BCUT2D eigenvalue weighted by atomic mass is 9.43. The van der Waals surface area contributed by atoms with Gasteiger partial charge in [0.2, 0.25) is 0 Å². The summed E-state index contributed by atoms with van der Waals surface area (Å²) < 4.78 is 0. The lowest BCUT2D eigenvalue weighted by molar-refractivity contribution is -0.201. The van der Waals surface area contributed by atoms with Crippen LogP contribution < -0.4 is 0 Å². The van der Waals surface area contributed by atoms with Crippen molar-refractivity contribution in [3.05, 3.63) is 0 Å². The molecule has 26 heavy (non-hydrogen) atoms. The van der Waals surface area contributed by atoms with Crippen LogP contribution >= 0.6 is 0 Å². The molecule has 4 saturated carbocycles. The van der Waals surface area contributed by atoms with Crippen molar-refractivity contribution in [2.45, 2.75) is 104 Å². The fraction of sp³-hybridized carbons (Fsp3) is 1.00. The van der Waals surface area contributed by atoms with E-state index in [1.165, 1.54) is 51.4 Å². The third-order valence-electron chi connectivity index (χ3n) is 10.2. The second-order valence-corrected chi connectivity index (χ2v) is 11.1. The molecule has 4 aliphatic rings. The molecule has 0 aromatic rings. The van der Waals surface area contributed by atoms with Crippen molar-refractivity contribution >= 4 is 0 Å². The average Bonchev–Trinajstić information content (AvgIpc) is 2.95. The molecule has 0 radical (unpaired) electrons. The molecule has 2 heteroatoms. The summed E-state index contributed by atoms with van der Waals surface area (Å²) in [6.45, 7) is 9.61. The maximum atomic E-state index is 11.5. The van der Waals surface area contributed by atoms with E-state index in [2.05, 4.69) is 27.7 Å². The molecule has 0 aromatic carbocycles. The van der Waals surface area contributed by atoms with Gasteiger partial charge in [-0.2, -0.15) is 0 Å². The van der Waals surface area contributed by atoms with Crippen molar-refractivity contribution in [2.24, 2.45) is 46.3 Å². The van der Waals surface area contributed by atoms with Gasteiger partial charge in [-0.05, 0) is 84.9 Å². The van der Waals surface area contributed by atoms with E-state index in [0.29, 0.717) is 40.9 Å². The number of hydrogen-bond donors (Lipinski definition) is 2. The van der Waals surface area contributed by atoms with E-state index in [-0.39, 0.29) is 17.6 Å². The Labute approximate surface area is 161 Å². The highest BCUT2D eigenvalue weighted by Gasteiger charge is 2.65. The smallest absolute Gasteiger partial charge is 0.0602 e. The van der Waals surface area contributed by atoms with Gasteiger partial charge < -0.3 is 10.2 Å². The number of hydrogen-bond acceptors (Lipinski definition) is 2. The maximum Gasteiger partial charge on any atom is 0.0602 e. The van der Waals surface area contributed by atoms with Gasteiger partial charge in [0.1, 0.15) is 0 Å². The summed E-state index contributed by atoms with van der Waals surface area (Å²) in [5.41, 5.74) is 0.381. The van der Waals surface area contributed by atoms with Crippen molar-refractivity contribution < 1.29 is 10.2 Å². The quantitative estimate of drug-likeness (QED) is 0.704. The van der Waals surface area contributed by atoms with Crippen molar-refractivity contribution in [1.29, 1.82) is 0 Å². The van der Waals surface area contributed by atoms with E-state index in [1.54, 1.807) is 0 Å². The van der Waals surface area contributed by atoms with Crippen LogP contribution in [-0.4, -0.2) is 22.4 Å². The van der Waals surface area contributed by atoms with Crippen LogP contribution in [0.1, 0.15) is 91.9 Å². The van der Waals surface area contributed by atoms with Gasteiger partial charge in [-0.15, -0.1) is 0 Å². The molecule has 4 aliphatic carbocycles. The van der Waals surface area contributed by atoms with Crippen molar-refractivity contribution in [3.8, 4) is 0 Å². The van der Waals surface area contributed by atoms with Crippen LogP contribution in [0.15, 0.2) is 0 Å². The SMILES string of the molecule is CCCC(C)C1CCC2C3C(O)CC4CCCCC4(C)C3CC(O)C12C. The first kappa shape index (κ1) is 19.2. The molecule has 0 aromatic heterocycles. The molecule has 4 fully saturated rings. The number of fused-ring (bicyclic) bond motifs is 5. The Morgan fingerprint density at radius 2 is 1.77 bits per heavy atom. The van der Waals surface area contributed by atoms with E-state index < -0.39 is 0 Å². The fourth-order valence-electron chi connectivity index (χ4n) is 8.84. The maximum absolute atomic E-state index is 11.5. The van der Waals surface area contributed by atoms with Gasteiger partial charge in [-0.3, -0.25) is 0 Å². The van der Waals surface area contributed by atoms with Gasteiger partial charge in [0.05, 0.1) is 12.2 Å². The summed E-state index contributed by atoms with van der Waals surface area (Å²) in [5.74, 6) is 3.49. The van der Waals surface area contributed by atoms with Gasteiger partial charge in [0.25, 0.3) is 0 Å². The molecule has 4 rings (SSSR count). The first-order valence-corrected chi connectivity index (χ1v) is 11.7. The summed E-state index contributed by atoms with van der Waals surface area (Å²) in [7, 11) is 0. The second-order valence-electron chi connectivity index (χ2n) is 11.1. The lowest BCUT2D eigenvalue weighted by Gasteiger charge is -2.63. The summed E-state index contributed by atoms with van der Waals surface area (Å²) >= 11 is 0. The second kappa shape index (κ2) is 6.76. The van der Waals surface area contributed by atoms with Gasteiger partial charge in [0.15, 0.2) is 0 Å². The Morgan fingerprint density at radius 1 is 1.00 bits per heavy atom. The zero-order valence-electron chi connectivity index (χ0n) is 17.6. The Balaban J connectivity index is 1.67. The molecule has 2 N–H and O–H groups in total. The predicted octanol–water partition coefficient (Wildman–Crippen LogP) is 5.41. The summed E-state index contributed by atoms with van der Waals surface area (Å²) in [5, 5.41) is 22.7. The highest BCUT2D eigenvalue weighted by Crippen LogP contribution is 2.68. The minimum absolute atomic E-state index is 0.0224. The van der Waals surface area contributed by atoms with E-state index >= 15 is 0 Å². The Kier molecular flexibility index (Phi) is 5.01. The van der Waals surface area contributed by atoms with Crippen LogP contribution in [-0.2, 0) is 0 Å². The Morgan fingerprint density at radius 3 is 2.50 bits per heavy atom. The van der Waals surface area contributed by atoms with E-state index in [4.69, 9.17) is 0 Å². The summed E-state index contributed by atoms with van der Waals surface area (Å²) in [6, 6.07) is 0. The molecule has 0 bridgehead atoms. The van der Waals surface area contributed by atoms with Gasteiger partial charge >= 0.3 is 0 Å². The zero-order chi connectivity index (χ0) is 18.7. The summed E-state index contributed by atoms with van der Waals surface area (Å²) in [6.07, 6.45) is 12.0. The molecule has 2 nitrogen and oxygen atoms in total. The van der Waals surface area contributed by atoms with Crippen molar-refractivity contribution in [1.82, 2.24) is 0 Å². The van der Waals surface area contributed by atoms with Gasteiger partial charge in [0, 0.05) is 0 Å². The molecule has 0 saturated heterocycles. The first-order chi connectivity index (χ1) is 12.3. The van der Waals surface area contributed by atoms with Crippen molar-refractivity contribution in [2.75, 3.05) is 0 Å². The van der Waals surface area contributed by atoms with Crippen LogP contribution in [0.2, 0.25) is 0 Å². The summed E-state index contributed by atoms with van der Waals surface area (Å²) in [4.78, 5) is 0. The van der Waals surface area contributed by atoms with Crippen LogP contribution in [0.25, 0.3) is 0 Å². The number of aliphatic hydroxyl groups excluding tert-OH is 2. The highest BCUT2D eigenvalue weighted by molar-refractivity contribution is 5.14. The predicted molar refractivity (Wildman–Crippen MR) is 107 cm³/mol. The van der Waals surface area contributed by atoms with Gasteiger partial charge in [-0.1, -0.05) is 53.4 Å². The third-order valence-corrected chi connectivity index (χ3v) is 10.2. The Hall–Kier alpha value is -0.0800. The third kappa shape index (κ3) is 2.57. The monoisotopic (exact) mass is 362 g/mol. The minimum Gasteiger partial charge on any atom is -0.393 e. The van der Waals surface area contributed by atoms with E-state index in [1.807, 2.05) is 0 Å².